The lowest BCUT2D eigenvalue weighted by molar-refractivity contribution is 0.312. The van der Waals surface area contributed by atoms with Gasteiger partial charge >= 0.3 is 0 Å². The van der Waals surface area contributed by atoms with Crippen molar-refractivity contribution in [1.82, 2.24) is 0 Å². The van der Waals surface area contributed by atoms with Gasteiger partial charge in [-0.05, 0) is 38.5 Å². The van der Waals surface area contributed by atoms with E-state index in [0.29, 0.717) is 0 Å². The molecule has 2 aliphatic carbocycles. The molecule has 0 aromatic rings. The second kappa shape index (κ2) is 3.00. The quantitative estimate of drug-likeness (QED) is 0.527. The largest absolute Gasteiger partial charge is 0.0741 e. The van der Waals surface area contributed by atoms with Crippen LogP contribution in [-0.4, -0.2) is 0 Å². The molecule has 0 nitrogen and oxygen atoms in total. The van der Waals surface area contributed by atoms with E-state index in [2.05, 4.69) is 6.92 Å². The normalized spacial score (nSPS) is 25.9. The van der Waals surface area contributed by atoms with Crippen molar-refractivity contribution in [2.24, 2.45) is 5.92 Å². The molecular weight excluding hydrogens is 132 g/mol. The van der Waals surface area contributed by atoms with Crippen molar-refractivity contribution in [2.75, 3.05) is 0 Å². The highest BCUT2D eigenvalue weighted by Crippen LogP contribution is 2.37. The van der Waals surface area contributed by atoms with Gasteiger partial charge in [0.15, 0.2) is 0 Å². The first-order valence-electron chi connectivity index (χ1n) is 5.04. The van der Waals surface area contributed by atoms with Gasteiger partial charge < -0.3 is 0 Å². The van der Waals surface area contributed by atoms with Crippen LogP contribution in [0.5, 0.6) is 0 Å². The first-order chi connectivity index (χ1) is 5.36. The molecule has 0 heteroatoms. The van der Waals surface area contributed by atoms with Gasteiger partial charge in [-0.25, -0.2) is 0 Å². The molecular formula is C11H18. The summed E-state index contributed by atoms with van der Waals surface area (Å²) in [5, 5.41) is 0. The fourth-order valence-corrected chi connectivity index (χ4v) is 2.28. The van der Waals surface area contributed by atoms with Crippen molar-refractivity contribution in [1.29, 1.82) is 0 Å². The van der Waals surface area contributed by atoms with E-state index >= 15 is 0 Å². The van der Waals surface area contributed by atoms with Crippen LogP contribution in [0, 0.1) is 5.92 Å². The molecule has 1 fully saturated rings. The highest BCUT2D eigenvalue weighted by atomic mass is 14.3. The Balaban J connectivity index is 1.88. The van der Waals surface area contributed by atoms with Crippen LogP contribution < -0.4 is 0 Å². The monoisotopic (exact) mass is 150 g/mol. The van der Waals surface area contributed by atoms with Gasteiger partial charge in [-0.1, -0.05) is 30.4 Å². The fraction of sp³-hybridized carbons (Fsp3) is 0.818. The third-order valence-electron chi connectivity index (χ3n) is 3.39. The zero-order valence-corrected chi connectivity index (χ0v) is 7.53. The van der Waals surface area contributed by atoms with E-state index in [4.69, 9.17) is 0 Å². The van der Waals surface area contributed by atoms with E-state index in [9.17, 15) is 0 Å². The second-order valence-corrected chi connectivity index (χ2v) is 4.24. The molecule has 0 aromatic carbocycles. The van der Waals surface area contributed by atoms with Crippen molar-refractivity contribution in [3.05, 3.63) is 11.1 Å². The third kappa shape index (κ3) is 1.50. The fourth-order valence-electron chi connectivity index (χ4n) is 2.28. The molecule has 0 amide bonds. The summed E-state index contributed by atoms with van der Waals surface area (Å²) >= 11 is 0. The Morgan fingerprint density at radius 2 is 2.00 bits per heavy atom. The van der Waals surface area contributed by atoms with E-state index in [1.165, 1.54) is 44.9 Å². The van der Waals surface area contributed by atoms with Gasteiger partial charge in [-0.2, -0.15) is 0 Å². The van der Waals surface area contributed by atoms with Gasteiger partial charge in [0.2, 0.25) is 0 Å². The highest BCUT2D eigenvalue weighted by Gasteiger charge is 2.21. The zero-order valence-electron chi connectivity index (χ0n) is 7.53. The van der Waals surface area contributed by atoms with Crippen LogP contribution in [0.2, 0.25) is 0 Å². The van der Waals surface area contributed by atoms with Gasteiger partial charge in [-0.3, -0.25) is 0 Å². The molecule has 0 heterocycles. The molecule has 0 aromatic heterocycles. The lowest BCUT2D eigenvalue weighted by Gasteiger charge is -2.26. The smallest absolute Gasteiger partial charge is 0.0289 e. The van der Waals surface area contributed by atoms with Crippen LogP contribution in [-0.2, 0) is 0 Å². The molecule has 0 bridgehead atoms. The standard InChI is InChI=1S/C11H18/c1-9-4-2-7-11(9)8-10-5-3-6-10/h10H,2-8H2,1H3. The van der Waals surface area contributed by atoms with Gasteiger partial charge in [0.25, 0.3) is 0 Å². The first kappa shape index (κ1) is 7.39. The second-order valence-electron chi connectivity index (χ2n) is 4.24. The Kier molecular flexibility index (Phi) is 2.02. The van der Waals surface area contributed by atoms with Gasteiger partial charge in [-0.15, -0.1) is 0 Å². The number of hydrogen-bond donors (Lipinski definition) is 0. The predicted molar refractivity (Wildman–Crippen MR) is 48.5 cm³/mol. The summed E-state index contributed by atoms with van der Waals surface area (Å²) in [6.07, 6.45) is 10.2. The molecule has 0 unspecified atom stereocenters. The molecule has 11 heavy (non-hydrogen) atoms. The minimum atomic E-state index is 1.08. The number of allylic oxidation sites excluding steroid dienone is 2. The lowest BCUT2D eigenvalue weighted by atomic mass is 9.80. The van der Waals surface area contributed by atoms with Crippen LogP contribution in [0.15, 0.2) is 11.1 Å². The van der Waals surface area contributed by atoms with Crippen LogP contribution >= 0.6 is 0 Å². The summed E-state index contributed by atoms with van der Waals surface area (Å²) in [7, 11) is 0. The van der Waals surface area contributed by atoms with Crippen LogP contribution in [0.4, 0.5) is 0 Å². The lowest BCUT2D eigenvalue weighted by Crippen LogP contribution is -2.11. The molecule has 0 radical (unpaired) electrons. The Hall–Kier alpha value is -0.260. The van der Waals surface area contributed by atoms with Gasteiger partial charge in [0, 0.05) is 0 Å². The molecule has 0 atom stereocenters. The summed E-state index contributed by atoms with van der Waals surface area (Å²) in [6.45, 7) is 2.33. The van der Waals surface area contributed by atoms with Crippen molar-refractivity contribution in [3.8, 4) is 0 Å². The maximum atomic E-state index is 2.33. The van der Waals surface area contributed by atoms with Crippen molar-refractivity contribution in [2.45, 2.75) is 51.9 Å². The van der Waals surface area contributed by atoms with Crippen molar-refractivity contribution < 1.29 is 0 Å². The maximum Gasteiger partial charge on any atom is -0.0289 e. The summed E-state index contributed by atoms with van der Waals surface area (Å²) in [5.74, 6) is 1.08. The molecule has 0 spiro atoms. The van der Waals surface area contributed by atoms with Crippen LogP contribution in [0.25, 0.3) is 0 Å². The van der Waals surface area contributed by atoms with Crippen molar-refractivity contribution >= 4 is 0 Å². The Morgan fingerprint density at radius 1 is 1.18 bits per heavy atom. The molecule has 62 valence electrons. The SMILES string of the molecule is CC1=C(CC2CCC2)CCC1. The zero-order chi connectivity index (χ0) is 7.68. The topological polar surface area (TPSA) is 0 Å². The van der Waals surface area contributed by atoms with Crippen molar-refractivity contribution in [3.63, 3.8) is 0 Å². The molecule has 2 rings (SSSR count). The minimum Gasteiger partial charge on any atom is -0.0741 e. The number of hydrogen-bond acceptors (Lipinski definition) is 0. The summed E-state index contributed by atoms with van der Waals surface area (Å²) < 4.78 is 0. The average molecular weight is 150 g/mol. The first-order valence-corrected chi connectivity index (χ1v) is 5.04. The summed E-state index contributed by atoms with van der Waals surface area (Å²) in [6, 6.07) is 0. The highest BCUT2D eigenvalue weighted by molar-refractivity contribution is 5.18. The van der Waals surface area contributed by atoms with Crippen LogP contribution in [0.3, 0.4) is 0 Å². The Morgan fingerprint density at radius 3 is 2.45 bits per heavy atom. The Bertz CT molecular complexity index is 172. The Labute approximate surface area is 69.7 Å². The third-order valence-corrected chi connectivity index (χ3v) is 3.39. The molecule has 1 saturated carbocycles. The van der Waals surface area contributed by atoms with E-state index in [1.54, 1.807) is 5.57 Å². The van der Waals surface area contributed by atoms with Crippen LogP contribution in [0.1, 0.15) is 51.9 Å². The summed E-state index contributed by atoms with van der Waals surface area (Å²) in [4.78, 5) is 0. The molecule has 0 aliphatic heterocycles. The van der Waals surface area contributed by atoms with E-state index in [-0.39, 0.29) is 0 Å². The predicted octanol–water partition coefficient (Wildman–Crippen LogP) is 3.68. The molecule has 0 saturated heterocycles. The summed E-state index contributed by atoms with van der Waals surface area (Å²) in [5.41, 5.74) is 3.53. The maximum absolute atomic E-state index is 2.33. The molecule has 0 N–H and O–H groups in total. The van der Waals surface area contributed by atoms with E-state index in [0.717, 1.165) is 5.92 Å². The van der Waals surface area contributed by atoms with Gasteiger partial charge in [0.05, 0.1) is 0 Å². The molecule has 2 aliphatic rings. The van der Waals surface area contributed by atoms with E-state index in [1.807, 2.05) is 5.57 Å². The minimum absolute atomic E-state index is 1.08. The number of rotatable bonds is 2. The van der Waals surface area contributed by atoms with Gasteiger partial charge in [0.1, 0.15) is 0 Å². The van der Waals surface area contributed by atoms with E-state index < -0.39 is 0 Å². The average Bonchev–Trinajstić information content (AvgIpc) is 2.27.